The van der Waals surface area contributed by atoms with Gasteiger partial charge in [0.2, 0.25) is 0 Å². The van der Waals surface area contributed by atoms with Crippen LogP contribution in [0.5, 0.6) is 0 Å². The summed E-state index contributed by atoms with van der Waals surface area (Å²) in [6.07, 6.45) is 3.51. The van der Waals surface area contributed by atoms with Gasteiger partial charge in [0.1, 0.15) is 5.82 Å². The number of aromatic nitrogens is 1. The predicted octanol–water partition coefficient (Wildman–Crippen LogP) is 1.86. The number of nitrogens with zero attached hydrogens (tertiary/aromatic N) is 1. The van der Waals surface area contributed by atoms with E-state index in [1.807, 2.05) is 13.1 Å². The van der Waals surface area contributed by atoms with Gasteiger partial charge in [-0.3, -0.25) is 0 Å². The van der Waals surface area contributed by atoms with E-state index < -0.39 is 0 Å². The number of pyridine rings is 1. The molecule has 3 N–H and O–H groups in total. The molecule has 0 aliphatic carbocycles. The monoisotopic (exact) mass is 213 g/mol. The van der Waals surface area contributed by atoms with Crippen LogP contribution in [0.4, 0.5) is 5.82 Å². The van der Waals surface area contributed by atoms with Crippen LogP contribution in [0.2, 0.25) is 5.02 Å². The zero-order valence-electron chi connectivity index (χ0n) is 8.55. The molecule has 0 aromatic carbocycles. The number of hydrogen-bond acceptors (Lipinski definition) is 3. The number of nitrogens with one attached hydrogen (secondary N) is 1. The molecule has 0 saturated carbocycles. The van der Waals surface area contributed by atoms with Gasteiger partial charge >= 0.3 is 0 Å². The Bertz CT molecular complexity index is 301. The number of halogens is 1. The highest BCUT2D eigenvalue weighted by Crippen LogP contribution is 2.16. The van der Waals surface area contributed by atoms with Crippen molar-refractivity contribution in [3.63, 3.8) is 0 Å². The van der Waals surface area contributed by atoms with Crippen molar-refractivity contribution < 1.29 is 0 Å². The van der Waals surface area contributed by atoms with E-state index in [1.54, 1.807) is 6.20 Å². The van der Waals surface area contributed by atoms with E-state index >= 15 is 0 Å². The first-order chi connectivity index (χ1) is 6.63. The van der Waals surface area contributed by atoms with Gasteiger partial charge in [0.15, 0.2) is 0 Å². The van der Waals surface area contributed by atoms with E-state index in [4.69, 9.17) is 17.3 Å². The topological polar surface area (TPSA) is 50.9 Å². The fourth-order valence-electron chi connectivity index (χ4n) is 1.21. The number of rotatable bonds is 4. The summed E-state index contributed by atoms with van der Waals surface area (Å²) in [6, 6.07) is 2.36. The third-order valence-electron chi connectivity index (χ3n) is 2.31. The third-order valence-corrected chi connectivity index (χ3v) is 2.51. The maximum Gasteiger partial charge on any atom is 0.126 e. The zero-order valence-corrected chi connectivity index (χ0v) is 9.30. The predicted molar refractivity (Wildman–Crippen MR) is 60.5 cm³/mol. The first-order valence-electron chi connectivity index (χ1n) is 4.70. The summed E-state index contributed by atoms with van der Waals surface area (Å²) in [5, 5.41) is 3.82. The normalized spacial score (nSPS) is 12.8. The van der Waals surface area contributed by atoms with E-state index in [2.05, 4.69) is 17.2 Å². The van der Waals surface area contributed by atoms with Crippen molar-refractivity contribution in [3.8, 4) is 0 Å². The molecule has 1 atom stereocenters. The van der Waals surface area contributed by atoms with Crippen molar-refractivity contribution in [1.29, 1.82) is 0 Å². The van der Waals surface area contributed by atoms with Crippen LogP contribution in [0.25, 0.3) is 0 Å². The van der Waals surface area contributed by atoms with Crippen molar-refractivity contribution in [2.24, 2.45) is 0 Å². The van der Waals surface area contributed by atoms with Gasteiger partial charge in [0.25, 0.3) is 0 Å². The van der Waals surface area contributed by atoms with Crippen molar-refractivity contribution in [1.82, 2.24) is 10.3 Å². The van der Waals surface area contributed by atoms with Crippen molar-refractivity contribution in [3.05, 3.63) is 22.8 Å². The lowest BCUT2D eigenvalue weighted by Gasteiger charge is -2.10. The summed E-state index contributed by atoms with van der Waals surface area (Å²) in [7, 11) is 1.95. The number of nitrogen functional groups attached to an aromatic ring is 1. The Morgan fingerprint density at radius 3 is 3.00 bits per heavy atom. The molecule has 78 valence electrons. The van der Waals surface area contributed by atoms with Crippen LogP contribution in [-0.4, -0.2) is 18.1 Å². The summed E-state index contributed by atoms with van der Waals surface area (Å²) in [5.41, 5.74) is 6.75. The molecule has 14 heavy (non-hydrogen) atoms. The number of aryl methyl sites for hydroxylation is 1. The second-order valence-electron chi connectivity index (χ2n) is 3.43. The molecule has 0 radical (unpaired) electrons. The van der Waals surface area contributed by atoms with Crippen LogP contribution in [0.1, 0.15) is 18.9 Å². The van der Waals surface area contributed by atoms with Gasteiger partial charge in [-0.05, 0) is 38.4 Å². The summed E-state index contributed by atoms with van der Waals surface area (Å²) in [5.74, 6) is 0.581. The fraction of sp³-hybridized carbons (Fsp3) is 0.500. The van der Waals surface area contributed by atoms with Crippen LogP contribution in [0, 0.1) is 0 Å². The molecule has 0 amide bonds. The summed E-state index contributed by atoms with van der Waals surface area (Å²) >= 11 is 5.83. The minimum Gasteiger partial charge on any atom is -0.383 e. The van der Waals surface area contributed by atoms with E-state index in [0.717, 1.165) is 18.4 Å². The molecule has 0 aliphatic rings. The second kappa shape index (κ2) is 5.17. The minimum absolute atomic E-state index is 0.480. The first kappa shape index (κ1) is 11.3. The second-order valence-corrected chi connectivity index (χ2v) is 3.86. The molecule has 0 saturated heterocycles. The Morgan fingerprint density at radius 1 is 1.64 bits per heavy atom. The quantitative estimate of drug-likeness (QED) is 0.803. The van der Waals surface area contributed by atoms with Gasteiger partial charge in [0, 0.05) is 12.2 Å². The third kappa shape index (κ3) is 3.16. The Labute approximate surface area is 89.7 Å². The highest BCUT2D eigenvalue weighted by molar-refractivity contribution is 6.30. The maximum absolute atomic E-state index is 5.83. The SMILES string of the molecule is CNC(C)CCc1cc(Cl)cnc1N. The summed E-state index contributed by atoms with van der Waals surface area (Å²) in [6.45, 7) is 2.13. The van der Waals surface area contributed by atoms with Crippen molar-refractivity contribution in [2.75, 3.05) is 12.8 Å². The molecular formula is C10H16ClN3. The van der Waals surface area contributed by atoms with Crippen molar-refractivity contribution in [2.45, 2.75) is 25.8 Å². The lowest BCUT2D eigenvalue weighted by atomic mass is 10.1. The average Bonchev–Trinajstić information content (AvgIpc) is 2.19. The van der Waals surface area contributed by atoms with Crippen LogP contribution in [0.15, 0.2) is 12.3 Å². The van der Waals surface area contributed by atoms with Gasteiger partial charge in [-0.2, -0.15) is 0 Å². The molecule has 1 unspecified atom stereocenters. The van der Waals surface area contributed by atoms with Gasteiger partial charge in [-0.1, -0.05) is 11.6 Å². The summed E-state index contributed by atoms with van der Waals surface area (Å²) < 4.78 is 0. The largest absolute Gasteiger partial charge is 0.383 e. The van der Waals surface area contributed by atoms with E-state index in [9.17, 15) is 0 Å². The minimum atomic E-state index is 0.480. The van der Waals surface area contributed by atoms with Crippen LogP contribution < -0.4 is 11.1 Å². The van der Waals surface area contributed by atoms with Gasteiger partial charge in [-0.15, -0.1) is 0 Å². The van der Waals surface area contributed by atoms with Gasteiger partial charge in [0.05, 0.1) is 5.02 Å². The Balaban J connectivity index is 2.62. The highest BCUT2D eigenvalue weighted by Gasteiger charge is 2.04. The molecule has 0 bridgehead atoms. The molecule has 1 aromatic rings. The Hall–Kier alpha value is -0.800. The molecule has 1 heterocycles. The standard InChI is InChI=1S/C10H16ClN3/c1-7(13-2)3-4-8-5-9(11)6-14-10(8)12/h5-7,13H,3-4H2,1-2H3,(H2,12,14). The van der Waals surface area contributed by atoms with Crippen LogP contribution in [0.3, 0.4) is 0 Å². The van der Waals surface area contributed by atoms with Gasteiger partial charge in [-0.25, -0.2) is 4.98 Å². The lowest BCUT2D eigenvalue weighted by molar-refractivity contribution is 0.565. The summed E-state index contributed by atoms with van der Waals surface area (Å²) in [4.78, 5) is 4.01. The van der Waals surface area contributed by atoms with Crippen molar-refractivity contribution >= 4 is 17.4 Å². The fourth-order valence-corrected chi connectivity index (χ4v) is 1.39. The average molecular weight is 214 g/mol. The maximum atomic E-state index is 5.83. The Kier molecular flexibility index (Phi) is 4.17. The van der Waals surface area contributed by atoms with Gasteiger partial charge < -0.3 is 11.1 Å². The smallest absolute Gasteiger partial charge is 0.126 e. The molecule has 1 aromatic heterocycles. The molecule has 1 rings (SSSR count). The molecule has 0 aliphatic heterocycles. The Morgan fingerprint density at radius 2 is 2.36 bits per heavy atom. The molecular weight excluding hydrogens is 198 g/mol. The van der Waals surface area contributed by atoms with Crippen LogP contribution in [-0.2, 0) is 6.42 Å². The molecule has 4 heteroatoms. The highest BCUT2D eigenvalue weighted by atomic mass is 35.5. The first-order valence-corrected chi connectivity index (χ1v) is 5.08. The van der Waals surface area contributed by atoms with E-state index in [1.165, 1.54) is 0 Å². The molecule has 0 spiro atoms. The number of anilines is 1. The number of nitrogens with two attached hydrogens (primary N) is 1. The lowest BCUT2D eigenvalue weighted by Crippen LogP contribution is -2.21. The van der Waals surface area contributed by atoms with E-state index in [-0.39, 0.29) is 0 Å². The number of hydrogen-bond donors (Lipinski definition) is 2. The molecule has 0 fully saturated rings. The zero-order chi connectivity index (χ0) is 10.6. The van der Waals surface area contributed by atoms with Crippen LogP contribution >= 0.6 is 11.6 Å². The van der Waals surface area contributed by atoms with E-state index in [0.29, 0.717) is 16.9 Å². The molecule has 3 nitrogen and oxygen atoms in total.